The Labute approximate surface area is 365 Å². The molecule has 1 unspecified atom stereocenters. The number of alkyl carbamates (subject to hydrolysis) is 3. The molecule has 0 aromatic heterocycles. The Kier molecular flexibility index (Phi) is 16.4. The molecule has 1 aromatic rings. The number of nitrogens with two attached hydrogens (primary N) is 1. The first kappa shape index (κ1) is 50.4. The van der Waals surface area contributed by atoms with E-state index in [1.165, 1.54) is 45.2 Å². The van der Waals surface area contributed by atoms with E-state index < -0.39 is 113 Å². The van der Waals surface area contributed by atoms with Gasteiger partial charge in [-0.3, -0.25) is 10.1 Å². The van der Waals surface area contributed by atoms with Crippen LogP contribution in [0.4, 0.5) is 24.9 Å². The minimum Gasteiger partial charge on any atom is -0.491 e. The molecule has 0 radical (unpaired) electrons. The number of allylic oxidation sites excluding steroid dienone is 1. The maximum atomic E-state index is 13.4. The van der Waals surface area contributed by atoms with Gasteiger partial charge in [0, 0.05) is 37.2 Å². The summed E-state index contributed by atoms with van der Waals surface area (Å²) in [5.41, 5.74) is 3.35. The fourth-order valence-corrected chi connectivity index (χ4v) is 7.54. The molecule has 11 atom stereocenters. The molecule has 22 nitrogen and oxygen atoms in total. The average molecular weight is 895 g/mol. The van der Waals surface area contributed by atoms with E-state index in [1.54, 1.807) is 47.6 Å². The van der Waals surface area contributed by atoms with Crippen LogP contribution in [0.3, 0.4) is 0 Å². The first-order chi connectivity index (χ1) is 29.2. The smallest absolute Gasteiger partial charge is 0.412 e. The molecule has 63 heavy (non-hydrogen) atoms. The molecule has 1 saturated heterocycles. The Morgan fingerprint density at radius 2 is 1.62 bits per heavy atom. The Morgan fingerprint density at radius 3 is 2.21 bits per heavy atom. The molecule has 0 bridgehead atoms. The van der Waals surface area contributed by atoms with Crippen LogP contribution in [0, 0.1) is 16.0 Å². The summed E-state index contributed by atoms with van der Waals surface area (Å²) >= 11 is 0. The molecule has 2 heterocycles. The van der Waals surface area contributed by atoms with Crippen LogP contribution in [0.1, 0.15) is 73.8 Å². The predicted molar refractivity (Wildman–Crippen MR) is 221 cm³/mol. The lowest BCUT2D eigenvalue weighted by atomic mass is 9.72. The topological polar surface area (TPSA) is 302 Å². The third-order valence-electron chi connectivity index (χ3n) is 10.2. The van der Waals surface area contributed by atoms with Gasteiger partial charge >= 0.3 is 24.4 Å². The van der Waals surface area contributed by atoms with Gasteiger partial charge in [0.05, 0.1) is 42.0 Å². The van der Waals surface area contributed by atoms with Crippen molar-refractivity contribution < 1.29 is 72.6 Å². The van der Waals surface area contributed by atoms with Gasteiger partial charge in [-0.05, 0) is 92.0 Å². The van der Waals surface area contributed by atoms with E-state index in [0.717, 1.165) is 4.90 Å². The highest BCUT2D eigenvalue weighted by Gasteiger charge is 2.56. The minimum absolute atomic E-state index is 0.0358. The molecule has 22 heteroatoms. The molecule has 1 saturated carbocycles. The number of carbonyl (C=O) groups excluding carboxylic acids is 4. The Bertz CT molecular complexity index is 1850. The molecule has 3 aliphatic rings. The number of nitro benzene ring substituents is 1. The number of likely N-dealkylation sites (N-methyl/N-ethyl adjacent to an activating group) is 1. The normalized spacial score (nSPS) is 29.7. The summed E-state index contributed by atoms with van der Waals surface area (Å²) in [6.45, 7) is 15.5. The number of carbonyl (C=O) groups is 4. The quantitative estimate of drug-likeness (QED) is 0.0687. The van der Waals surface area contributed by atoms with E-state index in [-0.39, 0.29) is 43.2 Å². The zero-order valence-electron chi connectivity index (χ0n) is 37.0. The molecule has 2 aliphatic heterocycles. The standard InChI is InChI=1S/C41H62N6O16/c1-21(2)59-36(51)45-27-17-26(44-37(52)62-39(3,4)5)28(29(48)32(27)61-34-30(49)33(41(9,54)20-58-34)46(10)38(53)63-40(6,7)8)31-25(42)16-15-24(60-31)18-43-35(50)57-19-22-11-13-23(14-12-22)47(55)56/h11-15,25-34,48-49,54H,1,16-20,42H2,2-10H3,(H,43,50)(H,44,52)(H,45,51)/t25-,26+,27-,28-,29+,30-,31?,32+,33-,34-,41+/m1/s1. The zero-order chi connectivity index (χ0) is 47.2. The summed E-state index contributed by atoms with van der Waals surface area (Å²) in [4.78, 5) is 63.7. The van der Waals surface area contributed by atoms with Crippen LogP contribution in [0.15, 0.2) is 48.4 Å². The van der Waals surface area contributed by atoms with E-state index >= 15 is 0 Å². The van der Waals surface area contributed by atoms with Crippen molar-refractivity contribution in [1.29, 1.82) is 0 Å². The van der Waals surface area contributed by atoms with Gasteiger partial charge in [-0.15, -0.1) is 0 Å². The molecule has 4 amide bonds. The van der Waals surface area contributed by atoms with Crippen molar-refractivity contribution in [2.45, 2.75) is 147 Å². The second-order valence-corrected chi connectivity index (χ2v) is 18.1. The second kappa shape index (κ2) is 20.5. The lowest BCUT2D eigenvalue weighted by Crippen LogP contribution is -2.70. The molecule has 2 fully saturated rings. The highest BCUT2D eigenvalue weighted by atomic mass is 16.7. The molecule has 8 N–H and O–H groups in total. The number of hydrogen-bond acceptors (Lipinski definition) is 17. The maximum absolute atomic E-state index is 13.4. The molecule has 0 spiro atoms. The van der Waals surface area contributed by atoms with Crippen molar-refractivity contribution in [1.82, 2.24) is 20.9 Å². The zero-order valence-corrected chi connectivity index (χ0v) is 37.0. The van der Waals surface area contributed by atoms with Crippen LogP contribution in [0.5, 0.6) is 0 Å². The lowest BCUT2D eigenvalue weighted by molar-refractivity contribution is -0.384. The van der Waals surface area contributed by atoms with Crippen molar-refractivity contribution in [3.8, 4) is 0 Å². The largest absolute Gasteiger partial charge is 0.491 e. The number of ether oxygens (including phenoxy) is 7. The van der Waals surface area contributed by atoms with E-state index in [1.807, 2.05) is 0 Å². The van der Waals surface area contributed by atoms with Crippen LogP contribution < -0.4 is 21.7 Å². The number of aliphatic hydroxyl groups is 3. The molecule has 352 valence electrons. The highest BCUT2D eigenvalue weighted by molar-refractivity contribution is 5.70. The summed E-state index contributed by atoms with van der Waals surface area (Å²) in [6.07, 6.45) is -9.56. The van der Waals surface area contributed by atoms with Gasteiger partial charge < -0.3 is 75.1 Å². The fraction of sp³-hybridized carbons (Fsp3) is 0.659. The Balaban J connectivity index is 1.63. The number of non-ortho nitro benzene ring substituents is 1. The number of benzene rings is 1. The fourth-order valence-electron chi connectivity index (χ4n) is 7.54. The van der Waals surface area contributed by atoms with Gasteiger partial charge in [-0.25, -0.2) is 19.2 Å². The van der Waals surface area contributed by atoms with E-state index in [9.17, 15) is 44.6 Å². The summed E-state index contributed by atoms with van der Waals surface area (Å²) in [5, 5.41) is 54.5. The summed E-state index contributed by atoms with van der Waals surface area (Å²) in [5.74, 6) is -0.885. The van der Waals surface area contributed by atoms with Crippen LogP contribution >= 0.6 is 0 Å². The Morgan fingerprint density at radius 1 is 1.00 bits per heavy atom. The van der Waals surface area contributed by atoms with Gasteiger partial charge in [0.2, 0.25) is 0 Å². The molecule has 4 rings (SSSR count). The second-order valence-electron chi connectivity index (χ2n) is 18.1. The monoisotopic (exact) mass is 894 g/mol. The third-order valence-corrected chi connectivity index (χ3v) is 10.2. The van der Waals surface area contributed by atoms with Crippen molar-refractivity contribution in [3.63, 3.8) is 0 Å². The van der Waals surface area contributed by atoms with Crippen molar-refractivity contribution in [2.75, 3.05) is 20.2 Å². The number of hydrogen-bond donors (Lipinski definition) is 7. The molecular formula is C41H62N6O16. The van der Waals surface area contributed by atoms with Crippen LogP contribution in [0.2, 0.25) is 0 Å². The third kappa shape index (κ3) is 14.1. The van der Waals surface area contributed by atoms with E-state index in [2.05, 4.69) is 22.5 Å². The van der Waals surface area contributed by atoms with Crippen LogP contribution in [-0.4, -0.2) is 141 Å². The average Bonchev–Trinajstić information content (AvgIpc) is 3.14. The molecule has 1 aliphatic carbocycles. The maximum Gasteiger partial charge on any atom is 0.412 e. The van der Waals surface area contributed by atoms with Gasteiger partial charge in [-0.1, -0.05) is 6.58 Å². The van der Waals surface area contributed by atoms with Crippen LogP contribution in [0.25, 0.3) is 0 Å². The number of nitro groups is 1. The summed E-state index contributed by atoms with van der Waals surface area (Å²) < 4.78 is 39.9. The van der Waals surface area contributed by atoms with Gasteiger partial charge in [0.15, 0.2) is 6.29 Å². The van der Waals surface area contributed by atoms with Gasteiger partial charge in [0.25, 0.3) is 5.69 Å². The SMILES string of the molecule is C=C(C)OC(=O)N[C@@H]1C[C@H](NC(=O)OC(C)(C)C)[C@@H](C2OC(CNC(=O)OCc3ccc([N+](=O)[O-])cc3)=CC[C@H]2N)[C@H](O)[C@H]1O[C@H]1OC[C@](C)(O)[C@H](N(C)C(=O)OC(C)(C)C)[C@H]1O. The Hall–Kier alpha value is -5.26. The molecular weight excluding hydrogens is 832 g/mol. The van der Waals surface area contributed by atoms with Gasteiger partial charge in [0.1, 0.15) is 47.5 Å². The summed E-state index contributed by atoms with van der Waals surface area (Å²) in [6, 6.07) is 1.05. The number of amides is 4. The number of nitrogens with one attached hydrogen (secondary N) is 3. The summed E-state index contributed by atoms with van der Waals surface area (Å²) in [7, 11) is 1.33. The first-order valence-electron chi connectivity index (χ1n) is 20.4. The van der Waals surface area contributed by atoms with E-state index in [0.29, 0.717) is 5.56 Å². The minimum atomic E-state index is -1.82. The highest BCUT2D eigenvalue weighted by Crippen LogP contribution is 2.38. The van der Waals surface area contributed by atoms with Crippen LogP contribution in [-0.2, 0) is 39.8 Å². The van der Waals surface area contributed by atoms with Crippen molar-refractivity contribution in [2.24, 2.45) is 11.7 Å². The number of rotatable bonds is 12. The van der Waals surface area contributed by atoms with E-state index in [4.69, 9.17) is 38.9 Å². The lowest BCUT2D eigenvalue weighted by Gasteiger charge is -2.51. The van der Waals surface area contributed by atoms with Crippen molar-refractivity contribution >= 4 is 30.1 Å². The number of nitrogens with zero attached hydrogens (tertiary/aromatic N) is 2. The van der Waals surface area contributed by atoms with Crippen molar-refractivity contribution in [3.05, 3.63) is 64.1 Å². The molecule has 1 aromatic carbocycles. The number of aliphatic hydroxyl groups excluding tert-OH is 2. The predicted octanol–water partition coefficient (Wildman–Crippen LogP) is 2.81. The first-order valence-corrected chi connectivity index (χ1v) is 20.4. The van der Waals surface area contributed by atoms with Gasteiger partial charge in [-0.2, -0.15) is 0 Å².